The number of halogens is 1. The maximum absolute atomic E-state index is 12.8. The first-order chi connectivity index (χ1) is 9.52. The topological polar surface area (TPSA) is 85.8 Å². The third-order valence-electron chi connectivity index (χ3n) is 2.75. The molecule has 0 bridgehead atoms. The summed E-state index contributed by atoms with van der Waals surface area (Å²) in [5.41, 5.74) is 6.23. The number of carbonyl (C=O) groups is 1. The summed E-state index contributed by atoms with van der Waals surface area (Å²) in [6.07, 6.45) is 1.82. The number of carbonyl (C=O) groups excluding carboxylic acids is 1. The van der Waals surface area contributed by atoms with Crippen LogP contribution in [-0.2, 0) is 4.79 Å². The van der Waals surface area contributed by atoms with Crippen molar-refractivity contribution in [1.82, 2.24) is 14.8 Å². The third-order valence-corrected chi connectivity index (χ3v) is 3.40. The van der Waals surface area contributed by atoms with Crippen LogP contribution < -0.4 is 11.1 Å². The van der Waals surface area contributed by atoms with Gasteiger partial charge >= 0.3 is 0 Å². The number of thioether (sulfide) groups is 1. The van der Waals surface area contributed by atoms with E-state index in [1.165, 1.54) is 36.0 Å². The summed E-state index contributed by atoms with van der Waals surface area (Å²) in [4.78, 5) is 12.2. The molecule has 2 aromatic rings. The van der Waals surface area contributed by atoms with Crippen LogP contribution in [0.5, 0.6) is 0 Å². The Bertz CT molecular complexity index is 613. The molecule has 0 saturated carbocycles. The van der Waals surface area contributed by atoms with E-state index in [-0.39, 0.29) is 17.7 Å². The number of amides is 1. The minimum Gasteiger partial charge on any atom is -0.368 e. The smallest absolute Gasteiger partial charge is 0.247 e. The van der Waals surface area contributed by atoms with Gasteiger partial charge in [-0.15, -0.1) is 10.2 Å². The second kappa shape index (κ2) is 5.91. The number of nitrogens with one attached hydrogen (secondary N) is 1. The maximum Gasteiger partial charge on any atom is 0.247 e. The van der Waals surface area contributed by atoms with E-state index in [1.54, 1.807) is 11.5 Å². The number of aromatic nitrogens is 3. The Balaban J connectivity index is 2.16. The maximum atomic E-state index is 12.8. The summed E-state index contributed by atoms with van der Waals surface area (Å²) in [6, 6.07) is 4.97. The van der Waals surface area contributed by atoms with Gasteiger partial charge in [-0.25, -0.2) is 4.39 Å². The molecule has 0 aliphatic heterocycles. The first-order valence-electron chi connectivity index (χ1n) is 5.83. The largest absolute Gasteiger partial charge is 0.368 e. The molecule has 1 aromatic carbocycles. The number of nitrogens with zero attached hydrogens (tertiary/aromatic N) is 3. The quantitative estimate of drug-likeness (QED) is 0.842. The van der Waals surface area contributed by atoms with Gasteiger partial charge in [0.05, 0.1) is 0 Å². The Labute approximate surface area is 119 Å². The number of rotatable bonds is 4. The Morgan fingerprint density at radius 1 is 1.40 bits per heavy atom. The zero-order valence-electron chi connectivity index (χ0n) is 11.0. The van der Waals surface area contributed by atoms with E-state index in [4.69, 9.17) is 5.73 Å². The lowest BCUT2D eigenvalue weighted by molar-refractivity contribution is -0.118. The molecule has 1 atom stereocenters. The predicted molar refractivity (Wildman–Crippen MR) is 76.0 cm³/mol. The average Bonchev–Trinajstić information content (AvgIpc) is 2.81. The van der Waals surface area contributed by atoms with Crippen LogP contribution in [0.15, 0.2) is 29.4 Å². The van der Waals surface area contributed by atoms with Crippen LogP contribution >= 0.6 is 11.8 Å². The van der Waals surface area contributed by atoms with Crippen LogP contribution in [0.25, 0.3) is 0 Å². The molecule has 0 radical (unpaired) electrons. The van der Waals surface area contributed by atoms with Crippen molar-refractivity contribution in [2.45, 2.75) is 18.1 Å². The van der Waals surface area contributed by atoms with Gasteiger partial charge in [-0.3, -0.25) is 9.36 Å². The molecule has 0 spiro atoms. The van der Waals surface area contributed by atoms with Gasteiger partial charge in [0, 0.05) is 5.69 Å². The van der Waals surface area contributed by atoms with Crippen LogP contribution in [0.4, 0.5) is 16.0 Å². The molecule has 3 N–H and O–H groups in total. The minimum absolute atomic E-state index is 0.177. The van der Waals surface area contributed by atoms with E-state index in [2.05, 4.69) is 15.5 Å². The standard InChI is InChI=1S/C12H14FN5OS/c1-7(18-11(14)16-17-12(18)20-2)10(19)15-9-5-3-8(13)4-6-9/h3-7H,1-2H3,(H2,14,16)(H,15,19). The van der Waals surface area contributed by atoms with Crippen LogP contribution in [0.2, 0.25) is 0 Å². The van der Waals surface area contributed by atoms with Crippen molar-refractivity contribution in [3.05, 3.63) is 30.1 Å². The van der Waals surface area contributed by atoms with Crippen molar-refractivity contribution < 1.29 is 9.18 Å². The van der Waals surface area contributed by atoms with E-state index in [0.29, 0.717) is 10.8 Å². The van der Waals surface area contributed by atoms with Gasteiger partial charge in [0.25, 0.3) is 0 Å². The highest BCUT2D eigenvalue weighted by molar-refractivity contribution is 7.98. The van der Waals surface area contributed by atoms with Crippen molar-refractivity contribution in [1.29, 1.82) is 0 Å². The lowest BCUT2D eigenvalue weighted by atomic mass is 10.2. The molecule has 2 rings (SSSR count). The molecular weight excluding hydrogens is 281 g/mol. The van der Waals surface area contributed by atoms with Gasteiger partial charge in [0.15, 0.2) is 5.16 Å². The normalized spacial score (nSPS) is 12.2. The SMILES string of the molecule is CSc1nnc(N)n1C(C)C(=O)Nc1ccc(F)cc1. The van der Waals surface area contributed by atoms with Gasteiger partial charge < -0.3 is 11.1 Å². The Morgan fingerprint density at radius 3 is 2.65 bits per heavy atom. The minimum atomic E-state index is -0.572. The summed E-state index contributed by atoms with van der Waals surface area (Å²) in [7, 11) is 0. The Kier molecular flexibility index (Phi) is 4.23. The first-order valence-corrected chi connectivity index (χ1v) is 7.06. The average molecular weight is 295 g/mol. The monoisotopic (exact) mass is 295 g/mol. The van der Waals surface area contributed by atoms with Crippen molar-refractivity contribution in [3.63, 3.8) is 0 Å². The molecule has 1 amide bonds. The molecule has 106 valence electrons. The highest BCUT2D eigenvalue weighted by atomic mass is 32.2. The molecular formula is C12H14FN5OS. The summed E-state index contributed by atoms with van der Waals surface area (Å²) in [5, 5.41) is 10.9. The molecule has 6 nitrogen and oxygen atoms in total. The molecule has 0 saturated heterocycles. The molecule has 0 aliphatic rings. The summed E-state index contributed by atoms with van der Waals surface area (Å²) < 4.78 is 14.4. The van der Waals surface area contributed by atoms with Crippen LogP contribution in [0.3, 0.4) is 0 Å². The number of hydrogen-bond acceptors (Lipinski definition) is 5. The lowest BCUT2D eigenvalue weighted by Gasteiger charge is -2.15. The number of nitrogens with two attached hydrogens (primary N) is 1. The van der Waals surface area contributed by atoms with Gasteiger partial charge in [-0.05, 0) is 37.4 Å². The van der Waals surface area contributed by atoms with Gasteiger partial charge in [0.1, 0.15) is 11.9 Å². The highest BCUT2D eigenvalue weighted by Crippen LogP contribution is 2.22. The Hall–Kier alpha value is -2.09. The molecule has 1 aromatic heterocycles. The van der Waals surface area contributed by atoms with E-state index in [9.17, 15) is 9.18 Å². The van der Waals surface area contributed by atoms with Crippen molar-refractivity contribution in [2.75, 3.05) is 17.3 Å². The first kappa shape index (κ1) is 14.3. The number of benzene rings is 1. The zero-order valence-corrected chi connectivity index (χ0v) is 11.8. The Morgan fingerprint density at radius 2 is 2.05 bits per heavy atom. The summed E-state index contributed by atoms with van der Waals surface area (Å²) in [6.45, 7) is 1.69. The van der Waals surface area contributed by atoms with E-state index in [0.717, 1.165) is 0 Å². The molecule has 0 fully saturated rings. The van der Waals surface area contributed by atoms with E-state index < -0.39 is 6.04 Å². The molecule has 1 unspecified atom stereocenters. The second-order valence-electron chi connectivity index (χ2n) is 4.09. The van der Waals surface area contributed by atoms with Gasteiger partial charge in [-0.1, -0.05) is 11.8 Å². The number of hydrogen-bond donors (Lipinski definition) is 2. The fourth-order valence-electron chi connectivity index (χ4n) is 1.69. The number of anilines is 2. The van der Waals surface area contributed by atoms with Crippen molar-refractivity contribution in [3.8, 4) is 0 Å². The fourth-order valence-corrected chi connectivity index (χ4v) is 2.26. The van der Waals surface area contributed by atoms with Gasteiger partial charge in [-0.2, -0.15) is 0 Å². The molecule has 1 heterocycles. The number of nitrogen functional groups attached to an aromatic ring is 1. The van der Waals surface area contributed by atoms with E-state index in [1.807, 2.05) is 6.26 Å². The van der Waals surface area contributed by atoms with E-state index >= 15 is 0 Å². The van der Waals surface area contributed by atoms with Crippen LogP contribution in [-0.4, -0.2) is 26.9 Å². The van der Waals surface area contributed by atoms with Crippen molar-refractivity contribution in [2.24, 2.45) is 0 Å². The molecule has 0 aliphatic carbocycles. The predicted octanol–water partition coefficient (Wildman–Crippen LogP) is 1.92. The van der Waals surface area contributed by atoms with Gasteiger partial charge in [0.2, 0.25) is 11.9 Å². The fraction of sp³-hybridized carbons (Fsp3) is 0.250. The molecule has 8 heteroatoms. The molecule has 20 heavy (non-hydrogen) atoms. The van der Waals surface area contributed by atoms with Crippen molar-refractivity contribution >= 4 is 29.3 Å². The lowest BCUT2D eigenvalue weighted by Crippen LogP contribution is -2.25. The van der Waals surface area contributed by atoms with Crippen LogP contribution in [0.1, 0.15) is 13.0 Å². The zero-order chi connectivity index (χ0) is 14.7. The summed E-state index contributed by atoms with van der Waals surface area (Å²) >= 11 is 1.35. The highest BCUT2D eigenvalue weighted by Gasteiger charge is 2.21. The van der Waals surface area contributed by atoms with Crippen LogP contribution in [0, 0.1) is 5.82 Å². The second-order valence-corrected chi connectivity index (χ2v) is 4.86. The summed E-state index contributed by atoms with van der Waals surface area (Å²) in [5.74, 6) is -0.460. The third kappa shape index (κ3) is 2.90.